The Balaban J connectivity index is 2.84. The van der Waals surface area contributed by atoms with Gasteiger partial charge in [0.05, 0.1) is 6.54 Å². The number of azide groups is 1. The molecule has 3 N–H and O–H groups in total. The molecule has 0 unspecified atom stereocenters. The number of nitrogen functional groups attached to an aromatic ring is 1. The molecule has 80 valence electrons. The molecular formula is C10H9N5O. The van der Waals surface area contributed by atoms with E-state index in [0.29, 0.717) is 11.1 Å². The van der Waals surface area contributed by atoms with E-state index >= 15 is 0 Å². The molecule has 6 heteroatoms. The number of rotatable bonds is 2. The number of nitrogens with one attached hydrogen (secondary N) is 1. The highest BCUT2D eigenvalue weighted by molar-refractivity contribution is 5.94. The summed E-state index contributed by atoms with van der Waals surface area (Å²) >= 11 is 0. The molecule has 0 spiro atoms. The zero-order chi connectivity index (χ0) is 11.8. The van der Waals surface area contributed by atoms with Crippen LogP contribution >= 0.6 is 0 Å². The SMILES string of the molecule is [N-]=[N+]=NCC#Cc1cccc(C(=O)NN)c1. The first-order chi connectivity index (χ1) is 7.77. The van der Waals surface area contributed by atoms with Crippen molar-refractivity contribution in [1.29, 1.82) is 0 Å². The van der Waals surface area contributed by atoms with Gasteiger partial charge in [0, 0.05) is 16.0 Å². The summed E-state index contributed by atoms with van der Waals surface area (Å²) in [6, 6.07) is 6.67. The lowest BCUT2D eigenvalue weighted by Gasteiger charge is -1.98. The molecule has 1 amide bonds. The van der Waals surface area contributed by atoms with Crippen LogP contribution < -0.4 is 11.3 Å². The molecule has 0 saturated heterocycles. The van der Waals surface area contributed by atoms with Crippen LogP contribution in [0.15, 0.2) is 29.4 Å². The van der Waals surface area contributed by atoms with Crippen molar-refractivity contribution in [1.82, 2.24) is 5.43 Å². The van der Waals surface area contributed by atoms with Gasteiger partial charge in [-0.3, -0.25) is 10.2 Å². The van der Waals surface area contributed by atoms with Gasteiger partial charge in [-0.1, -0.05) is 23.0 Å². The molecule has 0 bridgehead atoms. The van der Waals surface area contributed by atoms with E-state index in [2.05, 4.69) is 21.9 Å². The second kappa shape index (κ2) is 6.09. The lowest BCUT2D eigenvalue weighted by atomic mass is 10.1. The van der Waals surface area contributed by atoms with Gasteiger partial charge in [-0.25, -0.2) is 5.84 Å². The summed E-state index contributed by atoms with van der Waals surface area (Å²) in [5.74, 6) is 10.0. The van der Waals surface area contributed by atoms with Crippen molar-refractivity contribution in [2.24, 2.45) is 11.0 Å². The summed E-state index contributed by atoms with van der Waals surface area (Å²) < 4.78 is 0. The maximum atomic E-state index is 11.2. The average molecular weight is 215 g/mol. The summed E-state index contributed by atoms with van der Waals surface area (Å²) in [6.45, 7) is 0.101. The normalized spacial score (nSPS) is 8.31. The molecule has 0 fully saturated rings. The van der Waals surface area contributed by atoms with Crippen LogP contribution in [0.4, 0.5) is 0 Å². The maximum absolute atomic E-state index is 11.2. The van der Waals surface area contributed by atoms with E-state index in [4.69, 9.17) is 11.4 Å². The van der Waals surface area contributed by atoms with Crippen molar-refractivity contribution in [3.63, 3.8) is 0 Å². The number of hydrazine groups is 1. The molecule has 6 nitrogen and oxygen atoms in total. The summed E-state index contributed by atoms with van der Waals surface area (Å²) in [5.41, 5.74) is 11.2. The smallest absolute Gasteiger partial charge is 0.265 e. The van der Waals surface area contributed by atoms with Gasteiger partial charge in [0.25, 0.3) is 5.91 Å². The number of nitrogens with zero attached hydrogens (tertiary/aromatic N) is 3. The predicted molar refractivity (Wildman–Crippen MR) is 59.0 cm³/mol. The van der Waals surface area contributed by atoms with Crippen LogP contribution in [-0.4, -0.2) is 12.5 Å². The Hall–Kier alpha value is -2.48. The molecule has 0 saturated carbocycles. The van der Waals surface area contributed by atoms with Crippen LogP contribution in [0, 0.1) is 11.8 Å². The fourth-order valence-corrected chi connectivity index (χ4v) is 1.03. The van der Waals surface area contributed by atoms with Crippen molar-refractivity contribution in [3.05, 3.63) is 45.8 Å². The van der Waals surface area contributed by atoms with Crippen molar-refractivity contribution in [2.75, 3.05) is 6.54 Å². The maximum Gasteiger partial charge on any atom is 0.265 e. The van der Waals surface area contributed by atoms with E-state index in [-0.39, 0.29) is 12.5 Å². The van der Waals surface area contributed by atoms with Gasteiger partial charge < -0.3 is 0 Å². The van der Waals surface area contributed by atoms with Crippen molar-refractivity contribution in [2.45, 2.75) is 0 Å². The van der Waals surface area contributed by atoms with Gasteiger partial charge in [0.1, 0.15) is 0 Å². The molecule has 0 radical (unpaired) electrons. The molecular weight excluding hydrogens is 206 g/mol. The highest BCUT2D eigenvalue weighted by atomic mass is 16.2. The van der Waals surface area contributed by atoms with Gasteiger partial charge in [0.2, 0.25) is 0 Å². The largest absolute Gasteiger partial charge is 0.290 e. The zero-order valence-electron chi connectivity index (χ0n) is 8.34. The van der Waals surface area contributed by atoms with Gasteiger partial charge in [-0.15, -0.1) is 0 Å². The van der Waals surface area contributed by atoms with Crippen LogP contribution in [-0.2, 0) is 0 Å². The van der Waals surface area contributed by atoms with Crippen molar-refractivity contribution in [3.8, 4) is 11.8 Å². The number of nitrogens with two attached hydrogens (primary N) is 1. The van der Waals surface area contributed by atoms with Crippen molar-refractivity contribution >= 4 is 5.91 Å². The molecule has 16 heavy (non-hydrogen) atoms. The molecule has 1 aromatic rings. The Bertz CT molecular complexity index is 493. The van der Waals surface area contributed by atoms with E-state index in [1.54, 1.807) is 24.3 Å². The molecule has 0 aliphatic carbocycles. The first-order valence-corrected chi connectivity index (χ1v) is 4.38. The minimum atomic E-state index is -0.376. The van der Waals surface area contributed by atoms with Crippen LogP contribution in [0.2, 0.25) is 0 Å². The van der Waals surface area contributed by atoms with E-state index in [9.17, 15) is 4.79 Å². The standard InChI is InChI=1S/C10H9N5O/c11-14-10(16)9-5-1-3-8(7-9)4-2-6-13-15-12/h1,3,5,7H,6,11H2,(H,14,16). The second-order valence-electron chi connectivity index (χ2n) is 2.75. The number of hydrogen-bond donors (Lipinski definition) is 2. The molecule has 1 aromatic carbocycles. The number of carbonyl (C=O) groups is 1. The fraction of sp³-hybridized carbons (Fsp3) is 0.100. The monoisotopic (exact) mass is 215 g/mol. The number of amides is 1. The predicted octanol–water partition coefficient (Wildman–Crippen LogP) is 0.952. The first-order valence-electron chi connectivity index (χ1n) is 4.38. The number of hydrogen-bond acceptors (Lipinski definition) is 3. The van der Waals surface area contributed by atoms with E-state index in [1.807, 2.05) is 5.43 Å². The van der Waals surface area contributed by atoms with Gasteiger partial charge >= 0.3 is 0 Å². The molecule has 0 atom stereocenters. The van der Waals surface area contributed by atoms with Crippen LogP contribution in [0.5, 0.6) is 0 Å². The Morgan fingerprint density at radius 2 is 2.44 bits per heavy atom. The molecule has 0 aliphatic heterocycles. The third kappa shape index (κ3) is 3.35. The van der Waals surface area contributed by atoms with Gasteiger partial charge in [0.15, 0.2) is 0 Å². The minimum Gasteiger partial charge on any atom is -0.290 e. The third-order valence-corrected chi connectivity index (χ3v) is 1.70. The average Bonchev–Trinajstić information content (AvgIpc) is 2.34. The Labute approximate surface area is 92.0 Å². The molecule has 0 aromatic heterocycles. The highest BCUT2D eigenvalue weighted by Gasteiger charge is 2.01. The third-order valence-electron chi connectivity index (χ3n) is 1.70. The lowest BCUT2D eigenvalue weighted by molar-refractivity contribution is 0.0953. The number of carbonyl (C=O) groups excluding carboxylic acids is 1. The summed E-state index contributed by atoms with van der Waals surface area (Å²) in [6.07, 6.45) is 0. The van der Waals surface area contributed by atoms with Crippen molar-refractivity contribution < 1.29 is 4.79 Å². The summed E-state index contributed by atoms with van der Waals surface area (Å²) in [5, 5.41) is 3.27. The number of benzene rings is 1. The molecule has 0 heterocycles. The Morgan fingerprint density at radius 3 is 3.12 bits per heavy atom. The van der Waals surface area contributed by atoms with Gasteiger partial charge in [-0.05, 0) is 23.7 Å². The van der Waals surface area contributed by atoms with Crippen LogP contribution in [0.25, 0.3) is 10.4 Å². The van der Waals surface area contributed by atoms with Crippen LogP contribution in [0.1, 0.15) is 15.9 Å². The quantitative estimate of drug-likeness (QED) is 0.146. The van der Waals surface area contributed by atoms with E-state index in [1.165, 1.54) is 0 Å². The summed E-state index contributed by atoms with van der Waals surface area (Å²) in [7, 11) is 0. The van der Waals surface area contributed by atoms with E-state index < -0.39 is 0 Å². The van der Waals surface area contributed by atoms with Gasteiger partial charge in [-0.2, -0.15) is 0 Å². The topological polar surface area (TPSA) is 104 Å². The van der Waals surface area contributed by atoms with Crippen LogP contribution in [0.3, 0.4) is 0 Å². The Morgan fingerprint density at radius 1 is 1.62 bits per heavy atom. The Kier molecular flexibility index (Phi) is 4.41. The lowest BCUT2D eigenvalue weighted by Crippen LogP contribution is -2.29. The first kappa shape index (κ1) is 11.6. The molecule has 0 aliphatic rings. The highest BCUT2D eigenvalue weighted by Crippen LogP contribution is 2.03. The fourth-order valence-electron chi connectivity index (χ4n) is 1.03. The minimum absolute atomic E-state index is 0.101. The van der Waals surface area contributed by atoms with E-state index in [0.717, 1.165) is 0 Å². The summed E-state index contributed by atoms with van der Waals surface area (Å²) in [4.78, 5) is 13.8. The molecule has 1 rings (SSSR count). The zero-order valence-corrected chi connectivity index (χ0v) is 8.34. The second-order valence-corrected chi connectivity index (χ2v) is 2.75.